The average molecular weight is 285 g/mol. The number of thiazole rings is 1. The number of benzene rings is 2. The van der Waals surface area contributed by atoms with Gasteiger partial charge in [0.15, 0.2) is 5.75 Å². The van der Waals surface area contributed by atoms with Gasteiger partial charge in [-0.25, -0.2) is 9.37 Å². The van der Waals surface area contributed by atoms with E-state index in [1.807, 2.05) is 0 Å². The summed E-state index contributed by atoms with van der Waals surface area (Å²) in [6.45, 7) is 0. The minimum absolute atomic E-state index is 0.133. The van der Waals surface area contributed by atoms with Gasteiger partial charge in [0.2, 0.25) is 0 Å². The molecule has 20 heavy (non-hydrogen) atoms. The van der Waals surface area contributed by atoms with Crippen molar-refractivity contribution >= 4 is 27.2 Å². The van der Waals surface area contributed by atoms with Crippen LogP contribution < -0.4 is 10.5 Å². The Bertz CT molecular complexity index is 838. The van der Waals surface area contributed by atoms with Crippen LogP contribution in [0.5, 0.6) is 10.9 Å². The fraction of sp³-hybridized carbons (Fsp3) is 0. The maximum Gasteiger partial charge on any atom is 0.279 e. The van der Waals surface area contributed by atoms with Crippen molar-refractivity contribution in [2.45, 2.75) is 0 Å². The van der Waals surface area contributed by atoms with Gasteiger partial charge in [0.05, 0.1) is 10.2 Å². The highest BCUT2D eigenvalue weighted by Crippen LogP contribution is 2.33. The summed E-state index contributed by atoms with van der Waals surface area (Å²) in [6, 6.07) is 11.3. The van der Waals surface area contributed by atoms with Crippen LogP contribution in [0.3, 0.4) is 0 Å². The van der Waals surface area contributed by atoms with E-state index in [0.29, 0.717) is 10.9 Å². The number of hydrogen-bond donors (Lipinski definition) is 1. The summed E-state index contributed by atoms with van der Waals surface area (Å²) >= 11 is 1.29. The molecule has 98 valence electrons. The molecule has 1 aromatic heterocycles. The molecule has 0 bridgehead atoms. The Balaban J connectivity index is 2.02. The molecule has 6 heteroatoms. The molecule has 0 unspecified atom stereocenters. The zero-order valence-corrected chi connectivity index (χ0v) is 10.9. The Morgan fingerprint density at radius 3 is 2.95 bits per heavy atom. The predicted molar refractivity (Wildman–Crippen MR) is 75.2 cm³/mol. The Labute approximate surface area is 117 Å². The molecule has 0 saturated heterocycles. The zero-order valence-electron chi connectivity index (χ0n) is 10.1. The molecule has 0 aliphatic rings. The number of ether oxygens (including phenoxy) is 1. The van der Waals surface area contributed by atoms with E-state index in [4.69, 9.17) is 15.7 Å². The number of anilines is 1. The molecule has 4 nitrogen and oxygen atoms in total. The van der Waals surface area contributed by atoms with E-state index >= 15 is 0 Å². The van der Waals surface area contributed by atoms with Crippen molar-refractivity contribution < 1.29 is 9.13 Å². The summed E-state index contributed by atoms with van der Waals surface area (Å²) < 4.78 is 19.9. The number of halogens is 1. The Morgan fingerprint density at radius 1 is 1.30 bits per heavy atom. The first-order chi connectivity index (χ1) is 9.67. The van der Waals surface area contributed by atoms with E-state index in [1.54, 1.807) is 24.3 Å². The highest BCUT2D eigenvalue weighted by atomic mass is 32.1. The van der Waals surface area contributed by atoms with Crippen LogP contribution in [0, 0.1) is 17.1 Å². The first kappa shape index (κ1) is 12.4. The van der Waals surface area contributed by atoms with E-state index < -0.39 is 5.82 Å². The second-order valence-corrected chi connectivity index (χ2v) is 5.03. The van der Waals surface area contributed by atoms with E-state index in [1.165, 1.54) is 29.5 Å². The second kappa shape index (κ2) is 4.79. The Morgan fingerprint density at radius 2 is 2.15 bits per heavy atom. The summed E-state index contributed by atoms with van der Waals surface area (Å²) in [5.74, 6) is -0.463. The van der Waals surface area contributed by atoms with Crippen molar-refractivity contribution in [3.8, 4) is 17.0 Å². The van der Waals surface area contributed by atoms with Crippen LogP contribution in [-0.2, 0) is 0 Å². The fourth-order valence-electron chi connectivity index (χ4n) is 1.76. The van der Waals surface area contributed by atoms with Gasteiger partial charge in [-0.2, -0.15) is 5.26 Å². The van der Waals surface area contributed by atoms with E-state index in [-0.39, 0.29) is 11.3 Å². The molecule has 3 aromatic rings. The van der Waals surface area contributed by atoms with Crippen LogP contribution in [-0.4, -0.2) is 4.98 Å². The van der Waals surface area contributed by atoms with Crippen LogP contribution in [0.25, 0.3) is 10.2 Å². The standard InChI is InChI=1S/C14H8FN3OS/c15-10-2-1-3-12(9(10)7-16)19-14-18-11-5-4-8(17)6-13(11)20-14/h1-6H,17H2. The van der Waals surface area contributed by atoms with Crippen molar-refractivity contribution in [2.75, 3.05) is 5.73 Å². The third-order valence-corrected chi connectivity index (χ3v) is 3.57. The molecule has 0 aliphatic carbocycles. The van der Waals surface area contributed by atoms with Gasteiger partial charge < -0.3 is 10.5 Å². The van der Waals surface area contributed by atoms with Crippen LogP contribution in [0.4, 0.5) is 10.1 Å². The van der Waals surface area contributed by atoms with Crippen LogP contribution in [0.2, 0.25) is 0 Å². The Hall–Kier alpha value is -2.65. The second-order valence-electron chi connectivity index (χ2n) is 4.03. The quantitative estimate of drug-likeness (QED) is 0.729. The van der Waals surface area contributed by atoms with Gasteiger partial charge in [0.25, 0.3) is 5.19 Å². The number of nitrogens with two attached hydrogens (primary N) is 1. The average Bonchev–Trinajstić information content (AvgIpc) is 2.80. The fourth-order valence-corrected chi connectivity index (χ4v) is 2.63. The highest BCUT2D eigenvalue weighted by Gasteiger charge is 2.12. The molecular weight excluding hydrogens is 277 g/mol. The van der Waals surface area contributed by atoms with Gasteiger partial charge in [-0.05, 0) is 30.3 Å². The SMILES string of the molecule is N#Cc1c(F)cccc1Oc1nc2ccc(N)cc2s1. The molecule has 0 atom stereocenters. The van der Waals surface area contributed by atoms with Crippen molar-refractivity contribution in [1.82, 2.24) is 4.98 Å². The normalized spacial score (nSPS) is 10.4. The third-order valence-electron chi connectivity index (χ3n) is 2.68. The topological polar surface area (TPSA) is 71.9 Å². The number of hydrogen-bond acceptors (Lipinski definition) is 5. The smallest absolute Gasteiger partial charge is 0.279 e. The van der Waals surface area contributed by atoms with Crippen LogP contribution in [0.15, 0.2) is 36.4 Å². The lowest BCUT2D eigenvalue weighted by atomic mass is 10.2. The number of nitrogens with zero attached hydrogens (tertiary/aromatic N) is 2. The van der Waals surface area contributed by atoms with Gasteiger partial charge in [0.1, 0.15) is 17.4 Å². The van der Waals surface area contributed by atoms with E-state index in [9.17, 15) is 4.39 Å². The van der Waals surface area contributed by atoms with Gasteiger partial charge in [-0.1, -0.05) is 17.4 Å². The first-order valence-electron chi connectivity index (χ1n) is 5.70. The number of rotatable bonds is 2. The molecule has 0 fully saturated rings. The van der Waals surface area contributed by atoms with Crippen LogP contribution >= 0.6 is 11.3 Å². The molecule has 0 spiro atoms. The maximum atomic E-state index is 13.5. The lowest BCUT2D eigenvalue weighted by Gasteiger charge is -2.03. The van der Waals surface area contributed by atoms with Crippen molar-refractivity contribution in [2.24, 2.45) is 0 Å². The molecule has 2 N–H and O–H groups in total. The molecular formula is C14H8FN3OS. The van der Waals surface area contributed by atoms with Gasteiger partial charge in [0, 0.05) is 5.69 Å². The molecule has 3 rings (SSSR count). The largest absolute Gasteiger partial charge is 0.429 e. The lowest BCUT2D eigenvalue weighted by molar-refractivity contribution is 0.472. The molecule has 2 aromatic carbocycles. The minimum atomic E-state index is -0.615. The zero-order chi connectivity index (χ0) is 14.1. The van der Waals surface area contributed by atoms with Gasteiger partial charge in [-0.3, -0.25) is 0 Å². The molecule has 0 radical (unpaired) electrons. The molecule has 0 saturated carbocycles. The third kappa shape index (κ3) is 2.15. The molecule has 1 heterocycles. The summed E-state index contributed by atoms with van der Waals surface area (Å²) in [4.78, 5) is 4.26. The van der Waals surface area contributed by atoms with Gasteiger partial charge in [-0.15, -0.1) is 0 Å². The monoisotopic (exact) mass is 285 g/mol. The maximum absolute atomic E-state index is 13.5. The lowest BCUT2D eigenvalue weighted by Crippen LogP contribution is -1.90. The summed E-state index contributed by atoms with van der Waals surface area (Å²) in [6.07, 6.45) is 0. The Kier molecular flexibility index (Phi) is 2.97. The molecule has 0 amide bonds. The predicted octanol–water partition coefficient (Wildman–Crippen LogP) is 3.68. The van der Waals surface area contributed by atoms with Gasteiger partial charge >= 0.3 is 0 Å². The number of aromatic nitrogens is 1. The van der Waals surface area contributed by atoms with E-state index in [2.05, 4.69) is 4.98 Å². The number of nitriles is 1. The van der Waals surface area contributed by atoms with E-state index in [0.717, 1.165) is 10.2 Å². The summed E-state index contributed by atoms with van der Waals surface area (Å²) in [5.41, 5.74) is 6.94. The summed E-state index contributed by atoms with van der Waals surface area (Å²) in [7, 11) is 0. The molecule has 0 aliphatic heterocycles. The first-order valence-corrected chi connectivity index (χ1v) is 6.51. The summed E-state index contributed by atoms with van der Waals surface area (Å²) in [5, 5.41) is 9.29. The number of nitrogen functional groups attached to an aromatic ring is 1. The van der Waals surface area contributed by atoms with Crippen LogP contribution in [0.1, 0.15) is 5.56 Å². The van der Waals surface area contributed by atoms with Crippen molar-refractivity contribution in [1.29, 1.82) is 5.26 Å². The number of fused-ring (bicyclic) bond motifs is 1. The van der Waals surface area contributed by atoms with Crippen molar-refractivity contribution in [3.63, 3.8) is 0 Å². The minimum Gasteiger partial charge on any atom is -0.429 e. The highest BCUT2D eigenvalue weighted by molar-refractivity contribution is 7.20. The van der Waals surface area contributed by atoms with Crippen molar-refractivity contribution in [3.05, 3.63) is 47.8 Å².